The predicted molar refractivity (Wildman–Crippen MR) is 67.1 cm³/mol. The zero-order chi connectivity index (χ0) is 12.3. The van der Waals surface area contributed by atoms with Gasteiger partial charge >= 0.3 is 0 Å². The SMILES string of the molecule is Cc1ccc(OCC(=O)N2CCCC2C)cc1. The van der Waals surface area contributed by atoms with Crippen molar-refractivity contribution in [1.29, 1.82) is 0 Å². The molecule has 1 aliphatic heterocycles. The van der Waals surface area contributed by atoms with E-state index in [1.807, 2.05) is 36.1 Å². The summed E-state index contributed by atoms with van der Waals surface area (Å²) in [6, 6.07) is 8.13. The fourth-order valence-electron chi connectivity index (χ4n) is 2.17. The highest BCUT2D eigenvalue weighted by Crippen LogP contribution is 2.17. The van der Waals surface area contributed by atoms with E-state index in [1.165, 1.54) is 5.56 Å². The first-order chi connectivity index (χ1) is 8.16. The van der Waals surface area contributed by atoms with E-state index < -0.39 is 0 Å². The third kappa shape index (κ3) is 2.99. The van der Waals surface area contributed by atoms with Gasteiger partial charge in [0.1, 0.15) is 5.75 Å². The summed E-state index contributed by atoms with van der Waals surface area (Å²) in [4.78, 5) is 13.8. The maximum atomic E-state index is 11.9. The number of carbonyl (C=O) groups is 1. The van der Waals surface area contributed by atoms with Crippen molar-refractivity contribution in [2.24, 2.45) is 0 Å². The third-order valence-corrected chi connectivity index (χ3v) is 3.26. The summed E-state index contributed by atoms with van der Waals surface area (Å²) >= 11 is 0. The van der Waals surface area contributed by atoms with Crippen LogP contribution in [0.3, 0.4) is 0 Å². The Morgan fingerprint density at radius 1 is 1.41 bits per heavy atom. The summed E-state index contributed by atoms with van der Waals surface area (Å²) < 4.78 is 5.49. The summed E-state index contributed by atoms with van der Waals surface area (Å²) in [5, 5.41) is 0. The molecule has 1 aromatic rings. The summed E-state index contributed by atoms with van der Waals surface area (Å²) in [5.41, 5.74) is 1.19. The number of carbonyl (C=O) groups excluding carboxylic acids is 1. The van der Waals surface area contributed by atoms with E-state index in [2.05, 4.69) is 6.92 Å². The topological polar surface area (TPSA) is 29.5 Å². The van der Waals surface area contributed by atoms with Crippen molar-refractivity contribution in [2.75, 3.05) is 13.2 Å². The molecular formula is C14H19NO2. The largest absolute Gasteiger partial charge is 0.484 e. The maximum absolute atomic E-state index is 11.9. The van der Waals surface area contributed by atoms with E-state index in [0.29, 0.717) is 6.04 Å². The van der Waals surface area contributed by atoms with E-state index in [-0.39, 0.29) is 12.5 Å². The van der Waals surface area contributed by atoms with Crippen molar-refractivity contribution >= 4 is 5.91 Å². The molecule has 0 spiro atoms. The molecule has 0 aliphatic carbocycles. The molecule has 17 heavy (non-hydrogen) atoms. The minimum atomic E-state index is 0.0931. The highest BCUT2D eigenvalue weighted by atomic mass is 16.5. The van der Waals surface area contributed by atoms with Gasteiger partial charge in [-0.1, -0.05) is 17.7 Å². The lowest BCUT2D eigenvalue weighted by molar-refractivity contribution is -0.133. The van der Waals surface area contributed by atoms with Crippen molar-refractivity contribution in [1.82, 2.24) is 4.90 Å². The molecule has 1 saturated heterocycles. The van der Waals surface area contributed by atoms with Gasteiger partial charge < -0.3 is 9.64 Å². The smallest absolute Gasteiger partial charge is 0.260 e. The molecule has 3 heteroatoms. The number of benzene rings is 1. The van der Waals surface area contributed by atoms with Crippen LogP contribution in [0.15, 0.2) is 24.3 Å². The van der Waals surface area contributed by atoms with Crippen LogP contribution < -0.4 is 4.74 Å². The highest BCUT2D eigenvalue weighted by Gasteiger charge is 2.24. The molecule has 1 aliphatic rings. The van der Waals surface area contributed by atoms with Gasteiger partial charge in [-0.3, -0.25) is 4.79 Å². The van der Waals surface area contributed by atoms with E-state index in [1.54, 1.807) is 0 Å². The van der Waals surface area contributed by atoms with Crippen molar-refractivity contribution in [3.63, 3.8) is 0 Å². The van der Waals surface area contributed by atoms with E-state index >= 15 is 0 Å². The zero-order valence-electron chi connectivity index (χ0n) is 10.5. The molecule has 0 radical (unpaired) electrons. The summed E-state index contributed by atoms with van der Waals surface area (Å²) in [7, 11) is 0. The average molecular weight is 233 g/mol. The minimum Gasteiger partial charge on any atom is -0.484 e. The summed E-state index contributed by atoms with van der Waals surface area (Å²) in [5.74, 6) is 0.853. The standard InChI is InChI=1S/C14H19NO2/c1-11-5-7-13(8-6-11)17-10-14(16)15-9-3-4-12(15)2/h5-8,12H,3-4,9-10H2,1-2H3. The molecule has 2 rings (SSSR count). The Balaban J connectivity index is 1.85. The van der Waals surface area contributed by atoms with Crippen LogP contribution in [-0.4, -0.2) is 30.0 Å². The molecular weight excluding hydrogens is 214 g/mol. The van der Waals surface area contributed by atoms with E-state index in [0.717, 1.165) is 25.1 Å². The molecule has 92 valence electrons. The van der Waals surface area contributed by atoms with Crippen LogP contribution in [0.4, 0.5) is 0 Å². The lowest BCUT2D eigenvalue weighted by Gasteiger charge is -2.21. The van der Waals surface area contributed by atoms with E-state index in [4.69, 9.17) is 4.74 Å². The van der Waals surface area contributed by atoms with Crippen molar-refractivity contribution in [3.05, 3.63) is 29.8 Å². The fraction of sp³-hybridized carbons (Fsp3) is 0.500. The molecule has 3 nitrogen and oxygen atoms in total. The number of likely N-dealkylation sites (tertiary alicyclic amines) is 1. The lowest BCUT2D eigenvalue weighted by Crippen LogP contribution is -2.37. The molecule has 1 aromatic carbocycles. The monoisotopic (exact) mass is 233 g/mol. The average Bonchev–Trinajstić information content (AvgIpc) is 2.74. The van der Waals surface area contributed by atoms with Gasteiger partial charge in [0, 0.05) is 12.6 Å². The van der Waals surface area contributed by atoms with Gasteiger partial charge in [-0.2, -0.15) is 0 Å². The Kier molecular flexibility index (Phi) is 3.67. The second-order valence-corrected chi connectivity index (χ2v) is 4.68. The molecule has 0 saturated carbocycles. The Morgan fingerprint density at radius 3 is 2.71 bits per heavy atom. The second-order valence-electron chi connectivity index (χ2n) is 4.68. The first kappa shape index (κ1) is 12.0. The van der Waals surface area contributed by atoms with Crippen LogP contribution in [0, 0.1) is 6.92 Å². The first-order valence-corrected chi connectivity index (χ1v) is 6.16. The number of ether oxygens (including phenoxy) is 1. The van der Waals surface area contributed by atoms with E-state index in [9.17, 15) is 4.79 Å². The van der Waals surface area contributed by atoms with Gasteiger partial charge in [0.2, 0.25) is 0 Å². The number of amides is 1. The quantitative estimate of drug-likeness (QED) is 0.802. The number of nitrogens with zero attached hydrogens (tertiary/aromatic N) is 1. The van der Waals surface area contributed by atoms with Crippen LogP contribution in [-0.2, 0) is 4.79 Å². The zero-order valence-corrected chi connectivity index (χ0v) is 10.5. The third-order valence-electron chi connectivity index (χ3n) is 3.26. The summed E-state index contributed by atoms with van der Waals surface area (Å²) in [6.07, 6.45) is 2.22. The van der Waals surface area contributed by atoms with Crippen LogP contribution in [0.2, 0.25) is 0 Å². The van der Waals surface area contributed by atoms with Gasteiger partial charge in [-0.05, 0) is 38.8 Å². The normalized spacial score (nSPS) is 19.4. The molecule has 1 fully saturated rings. The lowest BCUT2D eigenvalue weighted by atomic mass is 10.2. The molecule has 1 heterocycles. The molecule has 1 unspecified atom stereocenters. The molecule has 0 bridgehead atoms. The maximum Gasteiger partial charge on any atom is 0.260 e. The molecule has 1 atom stereocenters. The predicted octanol–water partition coefficient (Wildman–Crippen LogP) is 2.38. The van der Waals surface area contributed by atoms with Gasteiger partial charge in [0.25, 0.3) is 5.91 Å². The Morgan fingerprint density at radius 2 is 2.12 bits per heavy atom. The van der Waals surface area contributed by atoms with Crippen LogP contribution >= 0.6 is 0 Å². The Labute approximate surface area is 102 Å². The Bertz CT molecular complexity index is 386. The molecule has 0 N–H and O–H groups in total. The Hall–Kier alpha value is -1.51. The van der Waals surface area contributed by atoms with Gasteiger partial charge in [-0.25, -0.2) is 0 Å². The number of aryl methyl sites for hydroxylation is 1. The van der Waals surface area contributed by atoms with Crippen LogP contribution in [0.5, 0.6) is 5.75 Å². The second kappa shape index (κ2) is 5.21. The van der Waals surface area contributed by atoms with Gasteiger partial charge in [0.15, 0.2) is 6.61 Å². The number of hydrogen-bond donors (Lipinski definition) is 0. The van der Waals surface area contributed by atoms with Crippen molar-refractivity contribution in [3.8, 4) is 5.75 Å². The van der Waals surface area contributed by atoms with Crippen molar-refractivity contribution in [2.45, 2.75) is 32.7 Å². The highest BCUT2D eigenvalue weighted by molar-refractivity contribution is 5.78. The summed E-state index contributed by atoms with van der Waals surface area (Å²) in [6.45, 7) is 5.14. The van der Waals surface area contributed by atoms with Gasteiger partial charge in [0.05, 0.1) is 0 Å². The number of rotatable bonds is 3. The molecule has 0 aromatic heterocycles. The van der Waals surface area contributed by atoms with Crippen LogP contribution in [0.1, 0.15) is 25.3 Å². The first-order valence-electron chi connectivity index (χ1n) is 6.16. The van der Waals surface area contributed by atoms with Crippen LogP contribution in [0.25, 0.3) is 0 Å². The minimum absolute atomic E-state index is 0.0931. The fourth-order valence-corrected chi connectivity index (χ4v) is 2.17. The molecule has 1 amide bonds. The number of hydrogen-bond acceptors (Lipinski definition) is 2. The van der Waals surface area contributed by atoms with Gasteiger partial charge in [-0.15, -0.1) is 0 Å². The van der Waals surface area contributed by atoms with Crippen molar-refractivity contribution < 1.29 is 9.53 Å².